The molecular weight excluding hydrogens is 195 g/mol. The number of amides is 1. The molecule has 0 radical (unpaired) electrons. The van der Waals surface area contributed by atoms with E-state index in [0.717, 1.165) is 5.56 Å². The quantitative estimate of drug-likeness (QED) is 0.694. The molecule has 0 spiro atoms. The molecule has 1 aromatic carbocycles. The van der Waals surface area contributed by atoms with Gasteiger partial charge in [-0.3, -0.25) is 9.18 Å². The van der Waals surface area contributed by atoms with Crippen LogP contribution in [0.25, 0.3) is 0 Å². The number of carbonyl (C=O) groups excluding carboxylic acids is 1. The lowest BCUT2D eigenvalue weighted by atomic mass is 10.1. The molecule has 3 nitrogen and oxygen atoms in total. The lowest BCUT2D eigenvalue weighted by Crippen LogP contribution is -2.15. The summed E-state index contributed by atoms with van der Waals surface area (Å²) in [5.41, 5.74) is 6.66. The summed E-state index contributed by atoms with van der Waals surface area (Å²) in [6.45, 7) is 1.04. The van der Waals surface area contributed by atoms with Crippen molar-refractivity contribution in [2.24, 2.45) is 5.73 Å². The molecule has 0 aromatic heterocycles. The van der Waals surface area contributed by atoms with E-state index in [0.29, 0.717) is 25.1 Å². The van der Waals surface area contributed by atoms with Gasteiger partial charge in [-0.05, 0) is 30.7 Å². The van der Waals surface area contributed by atoms with Gasteiger partial charge in [0.1, 0.15) is 0 Å². The highest BCUT2D eigenvalue weighted by Gasteiger charge is 1.99. The average Bonchev–Trinajstić information content (AvgIpc) is 2.25. The summed E-state index contributed by atoms with van der Waals surface area (Å²) in [7, 11) is 0. The topological polar surface area (TPSA) is 55.1 Å². The van der Waals surface area contributed by atoms with Gasteiger partial charge in [-0.2, -0.15) is 0 Å². The molecule has 1 aromatic rings. The van der Waals surface area contributed by atoms with E-state index in [1.165, 1.54) is 0 Å². The Hall–Kier alpha value is -1.42. The molecule has 0 aliphatic heterocycles. The maximum absolute atomic E-state index is 11.8. The molecule has 0 aliphatic rings. The third kappa shape index (κ3) is 4.08. The van der Waals surface area contributed by atoms with Crippen molar-refractivity contribution in [3.63, 3.8) is 0 Å². The van der Waals surface area contributed by atoms with Crippen LogP contribution in [-0.2, 0) is 6.54 Å². The van der Waals surface area contributed by atoms with E-state index in [9.17, 15) is 9.18 Å². The minimum atomic E-state index is -0.424. The Morgan fingerprint density at radius 1 is 1.33 bits per heavy atom. The van der Waals surface area contributed by atoms with Gasteiger partial charge in [0, 0.05) is 12.1 Å². The van der Waals surface area contributed by atoms with Crippen LogP contribution in [0.4, 0.5) is 4.39 Å². The predicted octanol–water partition coefficient (Wildman–Crippen LogP) is 1.23. The van der Waals surface area contributed by atoms with Crippen molar-refractivity contribution >= 4 is 5.91 Å². The van der Waals surface area contributed by atoms with Gasteiger partial charge in [0.2, 0.25) is 5.91 Å². The number of halogens is 1. The van der Waals surface area contributed by atoms with Crippen LogP contribution in [0.15, 0.2) is 24.3 Å². The van der Waals surface area contributed by atoms with Gasteiger partial charge in [0.15, 0.2) is 0 Å². The summed E-state index contributed by atoms with van der Waals surface area (Å²) in [5, 5.41) is 3.10. The van der Waals surface area contributed by atoms with Crippen LogP contribution in [0.2, 0.25) is 0 Å². The summed E-state index contributed by atoms with van der Waals surface area (Å²) in [6.07, 6.45) is 0.527. The Kier molecular flexibility index (Phi) is 4.77. The number of carbonyl (C=O) groups is 1. The van der Waals surface area contributed by atoms with E-state index in [1.54, 1.807) is 12.1 Å². The van der Waals surface area contributed by atoms with Crippen molar-refractivity contribution in [3.8, 4) is 0 Å². The van der Waals surface area contributed by atoms with Crippen molar-refractivity contribution in [2.75, 3.05) is 13.2 Å². The summed E-state index contributed by atoms with van der Waals surface area (Å²) < 4.78 is 11.8. The van der Waals surface area contributed by atoms with Crippen LogP contribution < -0.4 is 11.1 Å². The molecule has 15 heavy (non-hydrogen) atoms. The van der Waals surface area contributed by atoms with Crippen LogP contribution in [-0.4, -0.2) is 19.1 Å². The second-order valence-electron chi connectivity index (χ2n) is 3.28. The molecular formula is C11H15FN2O. The molecule has 4 heteroatoms. The van der Waals surface area contributed by atoms with Gasteiger partial charge < -0.3 is 11.1 Å². The number of benzene rings is 1. The number of hydrogen-bond donors (Lipinski definition) is 2. The maximum Gasteiger partial charge on any atom is 0.248 e. The molecule has 0 aliphatic carbocycles. The zero-order valence-electron chi connectivity index (χ0n) is 8.50. The molecule has 0 fully saturated rings. The Labute approximate surface area is 88.5 Å². The number of primary amides is 1. The van der Waals surface area contributed by atoms with E-state index >= 15 is 0 Å². The average molecular weight is 210 g/mol. The molecule has 3 N–H and O–H groups in total. The Bertz CT molecular complexity index is 311. The van der Waals surface area contributed by atoms with Crippen molar-refractivity contribution < 1.29 is 9.18 Å². The molecule has 1 rings (SSSR count). The molecule has 0 saturated carbocycles. The number of hydrogen-bond acceptors (Lipinski definition) is 2. The number of nitrogens with two attached hydrogens (primary N) is 1. The highest BCUT2D eigenvalue weighted by Crippen LogP contribution is 2.03. The first-order valence-corrected chi connectivity index (χ1v) is 4.89. The summed E-state index contributed by atoms with van der Waals surface area (Å²) >= 11 is 0. The summed E-state index contributed by atoms with van der Waals surface area (Å²) in [6, 6.07) is 7.05. The number of nitrogens with one attached hydrogen (secondary N) is 1. The first kappa shape index (κ1) is 11.7. The lowest BCUT2D eigenvalue weighted by Gasteiger charge is -2.03. The largest absolute Gasteiger partial charge is 0.366 e. The Balaban J connectivity index is 2.39. The zero-order valence-corrected chi connectivity index (χ0v) is 8.50. The first-order valence-electron chi connectivity index (χ1n) is 4.89. The van der Waals surface area contributed by atoms with Gasteiger partial charge in [-0.1, -0.05) is 12.1 Å². The van der Waals surface area contributed by atoms with Gasteiger partial charge >= 0.3 is 0 Å². The predicted molar refractivity (Wildman–Crippen MR) is 57.3 cm³/mol. The molecule has 0 atom stereocenters. The fourth-order valence-electron chi connectivity index (χ4n) is 1.21. The second kappa shape index (κ2) is 6.14. The summed E-state index contributed by atoms with van der Waals surface area (Å²) in [4.78, 5) is 10.8. The third-order valence-electron chi connectivity index (χ3n) is 2.05. The van der Waals surface area contributed by atoms with E-state index in [-0.39, 0.29) is 6.67 Å². The Morgan fingerprint density at radius 3 is 2.53 bits per heavy atom. The van der Waals surface area contributed by atoms with Gasteiger partial charge in [-0.15, -0.1) is 0 Å². The van der Waals surface area contributed by atoms with Gasteiger partial charge in [0.05, 0.1) is 6.67 Å². The lowest BCUT2D eigenvalue weighted by molar-refractivity contribution is 0.100. The molecule has 82 valence electrons. The van der Waals surface area contributed by atoms with E-state index < -0.39 is 5.91 Å². The SMILES string of the molecule is NC(=O)c1ccc(CNCCCF)cc1. The number of rotatable bonds is 6. The maximum atomic E-state index is 11.8. The highest BCUT2D eigenvalue weighted by molar-refractivity contribution is 5.92. The standard InChI is InChI=1S/C11H15FN2O/c12-6-1-7-14-8-9-2-4-10(5-3-9)11(13)15/h2-5,14H,1,6-8H2,(H2,13,15). The van der Waals surface area contributed by atoms with E-state index in [1.807, 2.05) is 12.1 Å². The molecule has 0 unspecified atom stereocenters. The van der Waals surface area contributed by atoms with Crippen LogP contribution in [0, 0.1) is 0 Å². The Morgan fingerprint density at radius 2 is 2.00 bits per heavy atom. The van der Waals surface area contributed by atoms with Crippen LogP contribution in [0.5, 0.6) is 0 Å². The fraction of sp³-hybridized carbons (Fsp3) is 0.364. The monoisotopic (exact) mass is 210 g/mol. The van der Waals surface area contributed by atoms with Gasteiger partial charge in [0.25, 0.3) is 0 Å². The normalized spacial score (nSPS) is 10.2. The van der Waals surface area contributed by atoms with Crippen molar-refractivity contribution in [2.45, 2.75) is 13.0 Å². The fourth-order valence-corrected chi connectivity index (χ4v) is 1.21. The van der Waals surface area contributed by atoms with Crippen LogP contribution in [0.3, 0.4) is 0 Å². The summed E-state index contributed by atoms with van der Waals surface area (Å²) in [5.74, 6) is -0.424. The van der Waals surface area contributed by atoms with Crippen molar-refractivity contribution in [3.05, 3.63) is 35.4 Å². The second-order valence-corrected chi connectivity index (χ2v) is 3.28. The highest BCUT2D eigenvalue weighted by atomic mass is 19.1. The van der Waals surface area contributed by atoms with Gasteiger partial charge in [-0.25, -0.2) is 0 Å². The third-order valence-corrected chi connectivity index (χ3v) is 2.05. The zero-order chi connectivity index (χ0) is 11.1. The number of alkyl halides is 1. The first-order chi connectivity index (χ1) is 7.24. The molecule has 0 heterocycles. The minimum Gasteiger partial charge on any atom is -0.366 e. The molecule has 0 bridgehead atoms. The van der Waals surface area contributed by atoms with Crippen molar-refractivity contribution in [1.29, 1.82) is 0 Å². The van der Waals surface area contributed by atoms with E-state index in [4.69, 9.17) is 5.73 Å². The van der Waals surface area contributed by atoms with E-state index in [2.05, 4.69) is 5.32 Å². The molecule has 1 amide bonds. The van der Waals surface area contributed by atoms with Crippen molar-refractivity contribution in [1.82, 2.24) is 5.32 Å². The minimum absolute atomic E-state index is 0.298. The van der Waals surface area contributed by atoms with Crippen LogP contribution in [0.1, 0.15) is 22.3 Å². The smallest absolute Gasteiger partial charge is 0.248 e. The molecule has 0 saturated heterocycles. The van der Waals surface area contributed by atoms with Crippen LogP contribution >= 0.6 is 0 Å².